The second kappa shape index (κ2) is 17.3. The zero-order chi connectivity index (χ0) is 34.8. The van der Waals surface area contributed by atoms with Gasteiger partial charge in [0.15, 0.2) is 0 Å². The highest BCUT2D eigenvalue weighted by Crippen LogP contribution is 2.30. The maximum atomic E-state index is 14.4. The monoisotopic (exact) mass is 686 g/mol. The SMILES string of the molecule is Cc1ccc(S(=O)(=O)Nc2ccc3c(c2)C(=O)N([C@H](C)CO)C[C@@H](C)[C@@H](CN(C)C(=O)NC2CCCCC2)OCCCC[C@H](C)O3)cc1. The highest BCUT2D eigenvalue weighted by molar-refractivity contribution is 7.92. The van der Waals surface area contributed by atoms with Crippen LogP contribution in [-0.2, 0) is 14.8 Å². The molecule has 0 saturated heterocycles. The summed E-state index contributed by atoms with van der Waals surface area (Å²) in [4.78, 5) is 30.9. The summed E-state index contributed by atoms with van der Waals surface area (Å²) >= 11 is 0. The molecule has 1 saturated carbocycles. The van der Waals surface area contributed by atoms with Crippen molar-refractivity contribution in [2.45, 2.75) is 108 Å². The molecule has 4 atom stereocenters. The molecule has 0 unspecified atom stereocenters. The van der Waals surface area contributed by atoms with Gasteiger partial charge in [0.2, 0.25) is 0 Å². The van der Waals surface area contributed by atoms with Crippen LogP contribution in [0.1, 0.15) is 88.1 Å². The first-order valence-corrected chi connectivity index (χ1v) is 18.8. The van der Waals surface area contributed by atoms with Crippen LogP contribution in [0.3, 0.4) is 0 Å². The Morgan fingerprint density at radius 2 is 1.73 bits per heavy atom. The van der Waals surface area contributed by atoms with Gasteiger partial charge in [0.25, 0.3) is 15.9 Å². The minimum absolute atomic E-state index is 0.108. The lowest BCUT2D eigenvalue weighted by Crippen LogP contribution is -2.50. The Hall–Kier alpha value is -3.35. The third-order valence-electron chi connectivity index (χ3n) is 9.37. The fourth-order valence-corrected chi connectivity index (χ4v) is 7.31. The van der Waals surface area contributed by atoms with Gasteiger partial charge >= 0.3 is 6.03 Å². The van der Waals surface area contributed by atoms with Crippen LogP contribution in [0, 0.1) is 12.8 Å². The number of aryl methyl sites for hydroxylation is 1. The Balaban J connectivity index is 1.61. The number of anilines is 1. The van der Waals surface area contributed by atoms with E-state index in [4.69, 9.17) is 9.47 Å². The van der Waals surface area contributed by atoms with Gasteiger partial charge in [0.1, 0.15) is 5.75 Å². The number of urea groups is 1. The number of sulfonamides is 1. The van der Waals surface area contributed by atoms with Crippen LogP contribution in [0.4, 0.5) is 10.5 Å². The van der Waals surface area contributed by atoms with Crippen LogP contribution < -0.4 is 14.8 Å². The summed E-state index contributed by atoms with van der Waals surface area (Å²) in [5.74, 6) is -0.263. The van der Waals surface area contributed by atoms with Crippen molar-refractivity contribution < 1.29 is 32.6 Å². The fraction of sp³-hybridized carbons (Fsp3) is 0.611. The van der Waals surface area contributed by atoms with E-state index in [0.29, 0.717) is 18.9 Å². The number of ether oxygens (including phenoxy) is 2. The third kappa shape index (κ3) is 10.3. The summed E-state index contributed by atoms with van der Waals surface area (Å²) < 4.78 is 41.7. The molecule has 1 aliphatic carbocycles. The number of likely N-dealkylation sites (N-methyl/N-ethyl adjacent to an activating group) is 1. The number of hydrogen-bond acceptors (Lipinski definition) is 7. The summed E-state index contributed by atoms with van der Waals surface area (Å²) in [5.41, 5.74) is 1.35. The average molecular weight is 687 g/mol. The Kier molecular flexibility index (Phi) is 13.5. The summed E-state index contributed by atoms with van der Waals surface area (Å²) in [6.07, 6.45) is 7.21. The average Bonchev–Trinajstić information content (AvgIpc) is 3.06. The van der Waals surface area contributed by atoms with Crippen molar-refractivity contribution in [1.29, 1.82) is 0 Å². The number of nitrogens with zero attached hydrogens (tertiary/aromatic N) is 2. The molecule has 2 aromatic rings. The summed E-state index contributed by atoms with van der Waals surface area (Å²) in [5, 5.41) is 13.4. The molecule has 0 radical (unpaired) electrons. The number of rotatable bonds is 8. The van der Waals surface area contributed by atoms with Crippen LogP contribution in [0.25, 0.3) is 0 Å². The molecular formula is C36H54N4O7S. The zero-order valence-corrected chi connectivity index (χ0v) is 29.9. The first-order chi connectivity index (χ1) is 22.9. The van der Waals surface area contributed by atoms with E-state index in [9.17, 15) is 23.1 Å². The van der Waals surface area contributed by atoms with Crippen molar-refractivity contribution >= 4 is 27.6 Å². The topological polar surface area (TPSA) is 138 Å². The number of carbonyl (C=O) groups excluding carboxylic acids is 2. The number of hydrogen-bond donors (Lipinski definition) is 3. The van der Waals surface area contributed by atoms with Crippen LogP contribution in [0.5, 0.6) is 5.75 Å². The van der Waals surface area contributed by atoms with Crippen LogP contribution in [-0.4, -0.2) is 92.9 Å². The number of benzene rings is 2. The predicted molar refractivity (Wildman–Crippen MR) is 187 cm³/mol. The molecule has 1 aliphatic heterocycles. The van der Waals surface area contributed by atoms with Gasteiger partial charge in [-0.15, -0.1) is 0 Å². The standard InChI is InChI=1S/C36H54N4O7S/c1-25-14-17-31(18-15-25)48(44,45)38-30-16-19-33-32(21-30)35(42)40(27(3)24-41)22-26(2)34(46-20-10-9-11-28(4)47-33)23-39(5)36(43)37-29-12-7-6-8-13-29/h14-19,21,26-29,34,38,41H,6-13,20,22-24H2,1-5H3,(H,37,43)/t26-,27-,28+,34-/m1/s1. The molecule has 3 amide bonds. The normalized spacial score (nSPS) is 22.5. The van der Waals surface area contributed by atoms with Gasteiger partial charge in [-0.3, -0.25) is 9.52 Å². The van der Waals surface area contributed by atoms with E-state index < -0.39 is 22.0 Å². The molecule has 1 fully saturated rings. The quantitative estimate of drug-likeness (QED) is 0.331. The number of carbonyl (C=O) groups is 2. The van der Waals surface area contributed by atoms with Gasteiger partial charge in [-0.2, -0.15) is 0 Å². The molecule has 2 aliphatic rings. The second-order valence-corrected chi connectivity index (χ2v) is 15.3. The van der Waals surface area contributed by atoms with Crippen molar-refractivity contribution in [3.05, 3.63) is 53.6 Å². The highest BCUT2D eigenvalue weighted by Gasteiger charge is 2.31. The molecule has 0 spiro atoms. The summed E-state index contributed by atoms with van der Waals surface area (Å²) in [6.45, 7) is 8.37. The number of aliphatic hydroxyl groups excluding tert-OH is 1. The van der Waals surface area contributed by atoms with Crippen LogP contribution in [0.15, 0.2) is 47.4 Å². The van der Waals surface area contributed by atoms with Crippen molar-refractivity contribution in [3.8, 4) is 5.75 Å². The Bertz CT molecular complexity index is 1460. The number of amides is 3. The van der Waals surface area contributed by atoms with Crippen LogP contribution >= 0.6 is 0 Å². The molecule has 0 bridgehead atoms. The minimum Gasteiger partial charge on any atom is -0.490 e. The van der Waals surface area contributed by atoms with E-state index in [2.05, 4.69) is 10.0 Å². The first kappa shape index (κ1) is 37.5. The van der Waals surface area contributed by atoms with E-state index in [1.54, 1.807) is 48.0 Å². The van der Waals surface area contributed by atoms with Crippen molar-refractivity contribution in [1.82, 2.24) is 15.1 Å². The molecule has 2 aromatic carbocycles. The smallest absolute Gasteiger partial charge is 0.317 e. The molecule has 11 nitrogen and oxygen atoms in total. The molecule has 4 rings (SSSR count). The third-order valence-corrected chi connectivity index (χ3v) is 10.8. The van der Waals surface area contributed by atoms with Gasteiger partial charge < -0.3 is 29.7 Å². The van der Waals surface area contributed by atoms with Crippen molar-refractivity contribution in [2.75, 3.05) is 38.1 Å². The minimum atomic E-state index is -3.92. The lowest BCUT2D eigenvalue weighted by molar-refractivity contribution is -0.0123. The lowest BCUT2D eigenvalue weighted by atomic mass is 9.96. The first-order valence-electron chi connectivity index (χ1n) is 17.3. The molecule has 0 aromatic heterocycles. The Morgan fingerprint density at radius 3 is 2.42 bits per heavy atom. The number of fused-ring (bicyclic) bond motifs is 1. The molecule has 48 heavy (non-hydrogen) atoms. The maximum absolute atomic E-state index is 14.4. The van der Waals surface area contributed by atoms with Gasteiger partial charge in [0.05, 0.1) is 35.3 Å². The maximum Gasteiger partial charge on any atom is 0.317 e. The van der Waals surface area contributed by atoms with E-state index in [1.165, 1.54) is 24.6 Å². The largest absolute Gasteiger partial charge is 0.490 e. The van der Waals surface area contributed by atoms with Gasteiger partial charge in [-0.25, -0.2) is 13.2 Å². The van der Waals surface area contributed by atoms with E-state index in [0.717, 1.165) is 50.5 Å². The molecule has 1 heterocycles. The Labute approximate surface area is 286 Å². The lowest BCUT2D eigenvalue weighted by Gasteiger charge is -2.36. The summed E-state index contributed by atoms with van der Waals surface area (Å²) in [6, 6.07) is 10.7. The molecule has 3 N–H and O–H groups in total. The van der Waals surface area contributed by atoms with Crippen molar-refractivity contribution in [2.24, 2.45) is 5.92 Å². The summed E-state index contributed by atoms with van der Waals surface area (Å²) in [7, 11) is -2.15. The van der Waals surface area contributed by atoms with Gasteiger partial charge in [-0.05, 0) is 83.2 Å². The molecule has 266 valence electrons. The Morgan fingerprint density at radius 1 is 1.04 bits per heavy atom. The number of nitrogens with one attached hydrogen (secondary N) is 2. The highest BCUT2D eigenvalue weighted by atomic mass is 32.2. The zero-order valence-electron chi connectivity index (χ0n) is 29.1. The van der Waals surface area contributed by atoms with Gasteiger partial charge in [-0.1, -0.05) is 43.9 Å². The van der Waals surface area contributed by atoms with Crippen LogP contribution in [0.2, 0.25) is 0 Å². The fourth-order valence-electron chi connectivity index (χ4n) is 6.26. The predicted octanol–water partition coefficient (Wildman–Crippen LogP) is 5.57. The molecular weight excluding hydrogens is 632 g/mol. The van der Waals surface area contributed by atoms with Crippen molar-refractivity contribution in [3.63, 3.8) is 0 Å². The second-order valence-electron chi connectivity index (χ2n) is 13.6. The molecule has 12 heteroatoms. The van der Waals surface area contributed by atoms with E-state index in [1.807, 2.05) is 20.8 Å². The van der Waals surface area contributed by atoms with Gasteiger partial charge in [0, 0.05) is 44.4 Å². The van der Waals surface area contributed by atoms with E-state index >= 15 is 0 Å². The number of aliphatic hydroxyl groups is 1. The van der Waals surface area contributed by atoms with E-state index in [-0.39, 0.29) is 59.5 Å².